The third-order valence-electron chi connectivity index (χ3n) is 5.51. The molecule has 12 heteroatoms. The molecule has 0 atom stereocenters. The molecule has 1 saturated carbocycles. The van der Waals surface area contributed by atoms with E-state index in [1.807, 2.05) is 0 Å². The molecule has 1 fully saturated rings. The number of nitrogens with zero attached hydrogens (tertiary/aromatic N) is 5. The maximum Gasteiger partial charge on any atom is 0.353 e. The van der Waals surface area contributed by atoms with Crippen LogP contribution in [0.2, 0.25) is 5.02 Å². The Morgan fingerprint density at radius 1 is 1.03 bits per heavy atom. The first-order chi connectivity index (χ1) is 16.9. The molecule has 0 spiro atoms. The maximum atomic E-state index is 13.3. The lowest BCUT2D eigenvalue weighted by Crippen LogP contribution is -2.57. The number of hydrogen-bond donors (Lipinski definition) is 1. The third-order valence-corrected chi connectivity index (χ3v) is 5.76. The Hall–Kier alpha value is -3.99. The van der Waals surface area contributed by atoms with E-state index in [0.29, 0.717) is 34.5 Å². The fourth-order valence-electron chi connectivity index (χ4n) is 3.36. The minimum atomic E-state index is -0.984. The SMILES string of the molecule is Nn1c(=O)n(CCC(=O)N=O)c(=O)n(Cc2ccc(Cl)cc2)c1=Nc1ccc(OCC2CC2)cc1. The van der Waals surface area contributed by atoms with Crippen LogP contribution in [0.5, 0.6) is 5.75 Å². The molecule has 1 heterocycles. The summed E-state index contributed by atoms with van der Waals surface area (Å²) in [5, 5.41) is 2.82. The van der Waals surface area contributed by atoms with Gasteiger partial charge in [0.25, 0.3) is 5.91 Å². The van der Waals surface area contributed by atoms with Gasteiger partial charge in [-0.15, -0.1) is 4.91 Å². The summed E-state index contributed by atoms with van der Waals surface area (Å²) in [6.07, 6.45) is 1.94. The summed E-state index contributed by atoms with van der Waals surface area (Å²) in [6, 6.07) is 13.7. The number of nitroso groups, excluding NO2 is 1. The zero-order chi connectivity index (χ0) is 24.9. The summed E-state index contributed by atoms with van der Waals surface area (Å²) in [7, 11) is 0. The van der Waals surface area contributed by atoms with Crippen molar-refractivity contribution in [3.05, 3.63) is 90.6 Å². The molecule has 0 saturated heterocycles. The normalized spacial score (nSPS) is 13.6. The van der Waals surface area contributed by atoms with Crippen molar-refractivity contribution in [2.24, 2.45) is 16.1 Å². The lowest BCUT2D eigenvalue weighted by Gasteiger charge is -2.14. The Kier molecular flexibility index (Phi) is 7.25. The quantitative estimate of drug-likeness (QED) is 0.352. The lowest BCUT2D eigenvalue weighted by atomic mass is 10.2. The number of rotatable bonds is 9. The van der Waals surface area contributed by atoms with E-state index >= 15 is 0 Å². The predicted molar refractivity (Wildman–Crippen MR) is 129 cm³/mol. The average Bonchev–Trinajstić information content (AvgIpc) is 3.70. The van der Waals surface area contributed by atoms with Crippen molar-refractivity contribution in [3.8, 4) is 5.75 Å². The molecule has 4 rings (SSSR count). The van der Waals surface area contributed by atoms with Crippen LogP contribution in [0.1, 0.15) is 24.8 Å². The Morgan fingerprint density at radius 2 is 1.71 bits per heavy atom. The van der Waals surface area contributed by atoms with Gasteiger partial charge in [0, 0.05) is 16.7 Å². The fourth-order valence-corrected chi connectivity index (χ4v) is 3.49. The van der Waals surface area contributed by atoms with Crippen LogP contribution in [0, 0.1) is 10.8 Å². The largest absolute Gasteiger partial charge is 0.493 e. The molecule has 0 unspecified atom stereocenters. The molecule has 1 aliphatic carbocycles. The Labute approximate surface area is 204 Å². The van der Waals surface area contributed by atoms with E-state index in [1.54, 1.807) is 48.5 Å². The fraction of sp³-hybridized carbons (Fsp3) is 0.304. The van der Waals surface area contributed by atoms with Crippen molar-refractivity contribution in [1.29, 1.82) is 0 Å². The molecule has 11 nitrogen and oxygen atoms in total. The van der Waals surface area contributed by atoms with Gasteiger partial charge in [-0.1, -0.05) is 23.7 Å². The van der Waals surface area contributed by atoms with Gasteiger partial charge in [-0.2, -0.15) is 4.68 Å². The minimum Gasteiger partial charge on any atom is -0.493 e. The molecule has 2 aromatic carbocycles. The Bertz CT molecular complexity index is 1420. The number of aromatic nitrogens is 3. The van der Waals surface area contributed by atoms with Gasteiger partial charge in [-0.05, 0) is 60.7 Å². The van der Waals surface area contributed by atoms with Crippen LogP contribution in [0.4, 0.5) is 5.69 Å². The predicted octanol–water partition coefficient (Wildman–Crippen LogP) is 1.93. The second kappa shape index (κ2) is 10.5. The van der Waals surface area contributed by atoms with Gasteiger partial charge in [0.05, 0.1) is 25.3 Å². The lowest BCUT2D eigenvalue weighted by molar-refractivity contribution is -0.118. The highest BCUT2D eigenvalue weighted by Gasteiger charge is 2.21. The Morgan fingerprint density at radius 3 is 2.34 bits per heavy atom. The van der Waals surface area contributed by atoms with Crippen LogP contribution < -0.4 is 27.6 Å². The number of carbonyl (C=O) groups is 1. The highest BCUT2D eigenvalue weighted by molar-refractivity contribution is 6.30. The molecule has 2 N–H and O–H groups in total. The molecule has 182 valence electrons. The van der Waals surface area contributed by atoms with Gasteiger partial charge in [0.15, 0.2) is 0 Å². The second-order valence-corrected chi connectivity index (χ2v) is 8.63. The van der Waals surface area contributed by atoms with Crippen molar-refractivity contribution in [2.75, 3.05) is 12.4 Å². The monoisotopic (exact) mass is 498 g/mol. The Balaban J connectivity index is 1.77. The van der Waals surface area contributed by atoms with Crippen molar-refractivity contribution >= 4 is 23.2 Å². The van der Waals surface area contributed by atoms with Crippen LogP contribution in [-0.4, -0.2) is 26.3 Å². The summed E-state index contributed by atoms with van der Waals surface area (Å²) in [5.41, 5.74) is -0.576. The van der Waals surface area contributed by atoms with Crippen LogP contribution in [0.15, 0.2) is 68.3 Å². The van der Waals surface area contributed by atoms with E-state index in [0.717, 1.165) is 9.24 Å². The van der Waals surface area contributed by atoms with E-state index < -0.39 is 23.7 Å². The smallest absolute Gasteiger partial charge is 0.353 e. The molecular formula is C23H23ClN6O5. The summed E-state index contributed by atoms with van der Waals surface area (Å²) < 4.78 is 8.44. The van der Waals surface area contributed by atoms with E-state index in [9.17, 15) is 19.3 Å². The van der Waals surface area contributed by atoms with Crippen molar-refractivity contribution in [1.82, 2.24) is 13.8 Å². The number of amides is 1. The molecule has 0 bridgehead atoms. The molecule has 0 aliphatic heterocycles. The van der Waals surface area contributed by atoms with Gasteiger partial charge in [0.1, 0.15) is 5.75 Å². The molecule has 1 aromatic heterocycles. The standard InChI is InChI=1S/C23H23ClN6O5/c24-17-5-3-15(4-6-17)13-29-21(26-18-7-9-19(10-8-18)35-14-16-1-2-16)30(25)23(33)28(22(29)32)12-11-20(31)27-34/h3-10,16H,1-2,11-14,25H2. The molecule has 1 amide bonds. The molecule has 35 heavy (non-hydrogen) atoms. The summed E-state index contributed by atoms with van der Waals surface area (Å²) >= 11 is 5.96. The van der Waals surface area contributed by atoms with Crippen LogP contribution in [0.25, 0.3) is 0 Å². The number of hydrogen-bond acceptors (Lipinski definition) is 7. The second-order valence-electron chi connectivity index (χ2n) is 8.19. The number of nitrogen functional groups attached to an aromatic ring is 1. The first kappa shape index (κ1) is 24.1. The number of benzene rings is 2. The highest BCUT2D eigenvalue weighted by Crippen LogP contribution is 2.29. The van der Waals surface area contributed by atoms with E-state index in [4.69, 9.17) is 22.2 Å². The number of ether oxygens (including phenoxy) is 1. The van der Waals surface area contributed by atoms with Crippen LogP contribution >= 0.6 is 11.6 Å². The highest BCUT2D eigenvalue weighted by atomic mass is 35.5. The van der Waals surface area contributed by atoms with Crippen LogP contribution in [0.3, 0.4) is 0 Å². The van der Waals surface area contributed by atoms with Crippen molar-refractivity contribution < 1.29 is 9.53 Å². The van der Waals surface area contributed by atoms with E-state index in [1.165, 1.54) is 17.4 Å². The first-order valence-corrected chi connectivity index (χ1v) is 11.3. The third kappa shape index (κ3) is 5.93. The average molecular weight is 499 g/mol. The summed E-state index contributed by atoms with van der Waals surface area (Å²) in [5.74, 6) is 6.37. The molecule has 1 aliphatic rings. The zero-order valence-corrected chi connectivity index (χ0v) is 19.4. The summed E-state index contributed by atoms with van der Waals surface area (Å²) in [4.78, 5) is 52.3. The molecule has 0 radical (unpaired) electrons. The van der Waals surface area contributed by atoms with Gasteiger partial charge >= 0.3 is 11.4 Å². The topological polar surface area (TPSA) is 143 Å². The van der Waals surface area contributed by atoms with Crippen molar-refractivity contribution in [2.45, 2.75) is 32.4 Å². The first-order valence-electron chi connectivity index (χ1n) is 11.0. The minimum absolute atomic E-state index is 0.0226. The number of carbonyl (C=O) groups excluding carboxylic acids is 1. The molecule has 3 aromatic rings. The molecular weight excluding hydrogens is 476 g/mol. The number of nitrogens with two attached hydrogens (primary N) is 1. The van der Waals surface area contributed by atoms with Gasteiger partial charge < -0.3 is 10.6 Å². The van der Waals surface area contributed by atoms with Crippen LogP contribution in [-0.2, 0) is 17.9 Å². The summed E-state index contributed by atoms with van der Waals surface area (Å²) in [6.45, 7) is 0.336. The van der Waals surface area contributed by atoms with Gasteiger partial charge in [-0.25, -0.2) is 19.1 Å². The van der Waals surface area contributed by atoms with E-state index in [2.05, 4.69) is 10.2 Å². The van der Waals surface area contributed by atoms with E-state index in [-0.39, 0.29) is 18.7 Å². The maximum absolute atomic E-state index is 13.3. The van der Waals surface area contributed by atoms with Gasteiger partial charge in [0.2, 0.25) is 5.62 Å². The zero-order valence-electron chi connectivity index (χ0n) is 18.7. The van der Waals surface area contributed by atoms with Crippen molar-refractivity contribution in [3.63, 3.8) is 0 Å². The van der Waals surface area contributed by atoms with Gasteiger partial charge in [-0.3, -0.25) is 9.36 Å². The number of halogens is 1.